The Hall–Kier alpha value is -3.98. The second-order valence-electron chi connectivity index (χ2n) is 10.3. The highest BCUT2D eigenvalue weighted by molar-refractivity contribution is 6.28. The number of esters is 2. The number of nitrogens with zero attached hydrogens (tertiary/aromatic N) is 3. The van der Waals surface area contributed by atoms with E-state index in [-0.39, 0.29) is 29.1 Å². The van der Waals surface area contributed by atoms with Crippen molar-refractivity contribution in [1.82, 2.24) is 15.0 Å². The zero-order valence-corrected chi connectivity index (χ0v) is 26.2. The Labute approximate surface area is 259 Å². The van der Waals surface area contributed by atoms with Crippen LogP contribution in [0.1, 0.15) is 93.4 Å². The molecular formula is C33H42ClN5O4. The molecule has 2 N–H and O–H groups in total. The summed E-state index contributed by atoms with van der Waals surface area (Å²) in [5, 5.41) is 6.15. The third-order valence-corrected chi connectivity index (χ3v) is 7.09. The number of unbranched alkanes of at least 4 members (excludes halogenated alkanes) is 2. The minimum Gasteiger partial charge on any atom is -0.462 e. The van der Waals surface area contributed by atoms with Gasteiger partial charge in [-0.05, 0) is 90.9 Å². The van der Waals surface area contributed by atoms with Gasteiger partial charge < -0.3 is 20.1 Å². The van der Waals surface area contributed by atoms with Crippen LogP contribution in [0.15, 0.2) is 60.2 Å². The fourth-order valence-electron chi connectivity index (χ4n) is 4.17. The van der Waals surface area contributed by atoms with Gasteiger partial charge in [-0.25, -0.2) is 9.59 Å². The average Bonchev–Trinajstić information content (AvgIpc) is 3.01. The van der Waals surface area contributed by atoms with Crippen molar-refractivity contribution in [3.8, 4) is 0 Å². The number of allylic oxidation sites excluding steroid dienone is 1. The van der Waals surface area contributed by atoms with E-state index in [0.717, 1.165) is 50.5 Å². The van der Waals surface area contributed by atoms with Crippen LogP contribution in [-0.4, -0.2) is 40.1 Å². The summed E-state index contributed by atoms with van der Waals surface area (Å²) in [6.07, 6.45) is 9.32. The molecule has 0 fully saturated rings. The number of ether oxygens (including phenoxy) is 2. The lowest BCUT2D eigenvalue weighted by molar-refractivity contribution is 0.0427. The van der Waals surface area contributed by atoms with E-state index in [0.29, 0.717) is 41.6 Å². The van der Waals surface area contributed by atoms with Crippen LogP contribution >= 0.6 is 11.6 Å². The lowest BCUT2D eigenvalue weighted by atomic mass is 10.0. The Morgan fingerprint density at radius 1 is 0.814 bits per heavy atom. The molecule has 1 unspecified atom stereocenters. The maximum Gasteiger partial charge on any atom is 0.338 e. The third kappa shape index (κ3) is 11.3. The van der Waals surface area contributed by atoms with E-state index >= 15 is 0 Å². The van der Waals surface area contributed by atoms with Gasteiger partial charge in [-0.2, -0.15) is 15.0 Å². The highest BCUT2D eigenvalue weighted by atomic mass is 35.5. The van der Waals surface area contributed by atoms with E-state index < -0.39 is 0 Å². The molecule has 1 heterocycles. The van der Waals surface area contributed by atoms with Crippen molar-refractivity contribution in [2.24, 2.45) is 5.92 Å². The summed E-state index contributed by atoms with van der Waals surface area (Å²) < 4.78 is 11.0. The number of carbonyl (C=O) groups excluding carboxylic acids is 2. The summed E-state index contributed by atoms with van der Waals surface area (Å²) in [7, 11) is 0. The molecule has 0 aliphatic rings. The standard InChI is InChI=1S/C33H42ClN5O4/c1-5-9-11-23(7-3)21-42-29(40)25-13-17-27(18-14-25)35-32-37-31(34)38-33(39-32)36-28-19-15-26(16-20-28)30(41)43-22-24(8-4)12-10-6-2/h11,13-20,24H,5-10,12,21-22H2,1-4H3,(H2,35,36,37,38,39)/b23-11+. The maximum absolute atomic E-state index is 12.5. The van der Waals surface area contributed by atoms with Crippen LogP contribution in [0.2, 0.25) is 5.28 Å². The Balaban J connectivity index is 1.57. The summed E-state index contributed by atoms with van der Waals surface area (Å²) in [6.45, 7) is 9.17. The number of hydrogen-bond donors (Lipinski definition) is 2. The van der Waals surface area contributed by atoms with Crippen LogP contribution in [0.3, 0.4) is 0 Å². The number of benzene rings is 2. The van der Waals surface area contributed by atoms with Crippen molar-refractivity contribution in [2.75, 3.05) is 23.8 Å². The first-order chi connectivity index (χ1) is 20.8. The SMILES string of the molecule is CCC/C=C(\CC)COC(=O)c1ccc(Nc2nc(Cl)nc(Nc3ccc(C(=O)OCC(CC)CCCC)cc3)n2)cc1. The molecule has 43 heavy (non-hydrogen) atoms. The quantitative estimate of drug-likeness (QED) is 0.115. The molecule has 0 aliphatic carbocycles. The van der Waals surface area contributed by atoms with Gasteiger partial charge in [-0.15, -0.1) is 0 Å². The van der Waals surface area contributed by atoms with Gasteiger partial charge in [0.25, 0.3) is 0 Å². The highest BCUT2D eigenvalue weighted by Crippen LogP contribution is 2.21. The van der Waals surface area contributed by atoms with Crippen molar-refractivity contribution in [3.63, 3.8) is 0 Å². The smallest absolute Gasteiger partial charge is 0.338 e. The maximum atomic E-state index is 12.5. The molecule has 3 rings (SSSR count). The first-order valence-corrected chi connectivity index (χ1v) is 15.4. The molecule has 10 heteroatoms. The van der Waals surface area contributed by atoms with Crippen molar-refractivity contribution in [1.29, 1.82) is 0 Å². The first-order valence-electron chi connectivity index (χ1n) is 15.0. The van der Waals surface area contributed by atoms with E-state index in [1.165, 1.54) is 0 Å². The van der Waals surface area contributed by atoms with Gasteiger partial charge in [0.1, 0.15) is 6.61 Å². The average molecular weight is 608 g/mol. The minimum absolute atomic E-state index is 0.00296. The summed E-state index contributed by atoms with van der Waals surface area (Å²) in [4.78, 5) is 37.7. The molecule has 2 aromatic carbocycles. The molecule has 0 bridgehead atoms. The molecule has 0 aliphatic heterocycles. The molecule has 0 amide bonds. The van der Waals surface area contributed by atoms with E-state index in [9.17, 15) is 9.59 Å². The molecule has 1 aromatic heterocycles. The van der Waals surface area contributed by atoms with Crippen LogP contribution in [0.25, 0.3) is 0 Å². The van der Waals surface area contributed by atoms with Gasteiger partial charge in [0.05, 0.1) is 17.7 Å². The molecule has 230 valence electrons. The van der Waals surface area contributed by atoms with Gasteiger partial charge >= 0.3 is 11.9 Å². The van der Waals surface area contributed by atoms with Gasteiger partial charge in [-0.1, -0.05) is 59.5 Å². The fourth-order valence-corrected chi connectivity index (χ4v) is 4.33. The molecule has 0 saturated carbocycles. The Kier molecular flexibility index (Phi) is 13.9. The van der Waals surface area contributed by atoms with Crippen molar-refractivity contribution < 1.29 is 19.1 Å². The topological polar surface area (TPSA) is 115 Å². The number of halogens is 1. The fraction of sp³-hybridized carbons (Fsp3) is 0.424. The van der Waals surface area contributed by atoms with E-state index in [2.05, 4.69) is 59.4 Å². The van der Waals surface area contributed by atoms with Gasteiger partial charge in [0.2, 0.25) is 17.2 Å². The first kappa shape index (κ1) is 33.5. The van der Waals surface area contributed by atoms with Crippen molar-refractivity contribution >= 4 is 46.8 Å². The minimum atomic E-state index is -0.381. The second-order valence-corrected chi connectivity index (χ2v) is 10.6. The predicted molar refractivity (Wildman–Crippen MR) is 171 cm³/mol. The number of aromatic nitrogens is 3. The Bertz CT molecular complexity index is 1350. The van der Waals surface area contributed by atoms with Crippen LogP contribution in [0, 0.1) is 5.92 Å². The zero-order chi connectivity index (χ0) is 31.0. The number of nitrogens with one attached hydrogen (secondary N) is 2. The van der Waals surface area contributed by atoms with Gasteiger partial charge in [-0.3, -0.25) is 0 Å². The number of anilines is 4. The molecular weight excluding hydrogens is 566 g/mol. The number of hydrogen-bond acceptors (Lipinski definition) is 9. The van der Waals surface area contributed by atoms with Crippen molar-refractivity contribution in [3.05, 3.63) is 76.6 Å². The molecule has 9 nitrogen and oxygen atoms in total. The molecule has 0 radical (unpaired) electrons. The third-order valence-electron chi connectivity index (χ3n) is 6.92. The largest absolute Gasteiger partial charge is 0.462 e. The van der Waals surface area contributed by atoms with Crippen LogP contribution in [0.4, 0.5) is 23.3 Å². The monoisotopic (exact) mass is 607 g/mol. The zero-order valence-electron chi connectivity index (χ0n) is 25.5. The lowest BCUT2D eigenvalue weighted by Gasteiger charge is -2.14. The highest BCUT2D eigenvalue weighted by Gasteiger charge is 2.13. The second kappa shape index (κ2) is 17.9. The normalized spacial score (nSPS) is 12.0. The lowest BCUT2D eigenvalue weighted by Crippen LogP contribution is -2.14. The molecule has 0 saturated heterocycles. The summed E-state index contributed by atoms with van der Waals surface area (Å²) in [6, 6.07) is 13.7. The molecule has 3 aromatic rings. The Morgan fingerprint density at radius 2 is 1.37 bits per heavy atom. The van der Waals surface area contributed by atoms with Crippen LogP contribution < -0.4 is 10.6 Å². The van der Waals surface area contributed by atoms with E-state index in [4.69, 9.17) is 21.1 Å². The summed E-state index contributed by atoms with van der Waals surface area (Å²) in [5.74, 6) is 0.105. The van der Waals surface area contributed by atoms with E-state index in [1.807, 2.05) is 0 Å². The molecule has 1 atom stereocenters. The summed E-state index contributed by atoms with van der Waals surface area (Å²) in [5.41, 5.74) is 3.35. The van der Waals surface area contributed by atoms with Gasteiger partial charge in [0, 0.05) is 11.4 Å². The summed E-state index contributed by atoms with van der Waals surface area (Å²) >= 11 is 6.15. The van der Waals surface area contributed by atoms with Crippen LogP contribution in [0.5, 0.6) is 0 Å². The van der Waals surface area contributed by atoms with Crippen molar-refractivity contribution in [2.45, 2.75) is 72.6 Å². The van der Waals surface area contributed by atoms with Crippen LogP contribution in [-0.2, 0) is 9.47 Å². The Morgan fingerprint density at radius 3 is 1.86 bits per heavy atom. The molecule has 0 spiro atoms. The van der Waals surface area contributed by atoms with E-state index in [1.54, 1.807) is 48.5 Å². The van der Waals surface area contributed by atoms with Gasteiger partial charge in [0.15, 0.2) is 0 Å². The predicted octanol–water partition coefficient (Wildman–Crippen LogP) is 8.68. The number of carbonyl (C=O) groups is 2. The number of rotatable bonds is 17.